The Morgan fingerprint density at radius 3 is 2.50 bits per heavy atom. The molecule has 3 amide bonds. The van der Waals surface area contributed by atoms with Gasteiger partial charge in [0, 0.05) is 25.2 Å². The number of rotatable bonds is 5. The average molecular weight is 404 g/mol. The molecule has 1 aromatic rings. The molecule has 1 atom stereocenters. The topological polar surface area (TPSA) is 87.7 Å². The standard InChI is InChI=1S/C20H25N3O4S/c1-27-23-8-6-12(7-9-23)10-14-3-2-13(11-16-19(25)22-20(26)28-16)15-4-5-17(24)21-18(14)15/h2-3,12,16H,4-11H2,1H3,(H,21,24)(H,22,25,26). The third-order valence-electron chi connectivity index (χ3n) is 5.88. The zero-order chi connectivity index (χ0) is 19.7. The van der Waals surface area contributed by atoms with Gasteiger partial charge < -0.3 is 10.2 Å². The van der Waals surface area contributed by atoms with Crippen LogP contribution in [0.2, 0.25) is 0 Å². The van der Waals surface area contributed by atoms with E-state index in [2.05, 4.69) is 22.8 Å². The van der Waals surface area contributed by atoms with Gasteiger partial charge in [-0.05, 0) is 54.7 Å². The van der Waals surface area contributed by atoms with E-state index in [1.54, 1.807) is 7.11 Å². The molecule has 0 aliphatic carbocycles. The van der Waals surface area contributed by atoms with Gasteiger partial charge >= 0.3 is 0 Å². The third-order valence-corrected chi connectivity index (χ3v) is 6.86. The maximum absolute atomic E-state index is 12.1. The van der Waals surface area contributed by atoms with Crippen molar-refractivity contribution < 1.29 is 19.2 Å². The molecule has 0 aromatic heterocycles. The van der Waals surface area contributed by atoms with Gasteiger partial charge in [0.05, 0.1) is 12.4 Å². The number of hydrogen-bond donors (Lipinski definition) is 2. The Kier molecular flexibility index (Phi) is 5.70. The van der Waals surface area contributed by atoms with E-state index in [0.29, 0.717) is 25.2 Å². The second-order valence-corrected chi connectivity index (χ2v) is 8.81. The molecular formula is C20H25N3O4S. The number of carbonyl (C=O) groups excluding carboxylic acids is 3. The first-order valence-corrected chi connectivity index (χ1v) is 10.7. The summed E-state index contributed by atoms with van der Waals surface area (Å²) in [6.45, 7) is 1.85. The van der Waals surface area contributed by atoms with Crippen LogP contribution in [0.3, 0.4) is 0 Å². The highest BCUT2D eigenvalue weighted by molar-refractivity contribution is 8.15. The van der Waals surface area contributed by atoms with E-state index < -0.39 is 5.25 Å². The van der Waals surface area contributed by atoms with E-state index in [1.807, 2.05) is 5.06 Å². The molecule has 3 heterocycles. The molecular weight excluding hydrogens is 378 g/mol. The van der Waals surface area contributed by atoms with Crippen molar-refractivity contribution in [3.05, 3.63) is 28.8 Å². The summed E-state index contributed by atoms with van der Waals surface area (Å²) in [4.78, 5) is 40.8. The lowest BCUT2D eigenvalue weighted by Gasteiger charge is -2.31. The normalized spacial score (nSPS) is 23.5. The number of nitrogens with one attached hydrogen (secondary N) is 2. The summed E-state index contributed by atoms with van der Waals surface area (Å²) >= 11 is 1.05. The Hall–Kier alpha value is -1.90. The highest BCUT2D eigenvalue weighted by Crippen LogP contribution is 2.35. The number of thioether (sulfide) groups is 1. The van der Waals surface area contributed by atoms with Crippen molar-refractivity contribution in [1.82, 2.24) is 10.4 Å². The number of hydroxylamine groups is 2. The van der Waals surface area contributed by atoms with Crippen LogP contribution in [-0.2, 0) is 33.7 Å². The molecule has 0 saturated carbocycles. The van der Waals surface area contributed by atoms with Gasteiger partial charge in [-0.3, -0.25) is 19.7 Å². The molecule has 2 saturated heterocycles. The zero-order valence-corrected chi connectivity index (χ0v) is 16.8. The van der Waals surface area contributed by atoms with Crippen LogP contribution in [0.5, 0.6) is 0 Å². The van der Waals surface area contributed by atoms with E-state index in [1.165, 1.54) is 5.56 Å². The van der Waals surface area contributed by atoms with Gasteiger partial charge in [-0.25, -0.2) is 0 Å². The Labute approximate surface area is 168 Å². The van der Waals surface area contributed by atoms with Crippen LogP contribution >= 0.6 is 11.8 Å². The third kappa shape index (κ3) is 4.09. The molecule has 2 N–H and O–H groups in total. The Morgan fingerprint density at radius 1 is 1.07 bits per heavy atom. The van der Waals surface area contributed by atoms with E-state index in [-0.39, 0.29) is 17.1 Å². The highest BCUT2D eigenvalue weighted by Gasteiger charge is 2.33. The summed E-state index contributed by atoms with van der Waals surface area (Å²) in [7, 11) is 1.71. The van der Waals surface area contributed by atoms with E-state index in [9.17, 15) is 14.4 Å². The van der Waals surface area contributed by atoms with Gasteiger partial charge in [0.2, 0.25) is 11.8 Å². The molecule has 28 heavy (non-hydrogen) atoms. The molecule has 0 bridgehead atoms. The smallest absolute Gasteiger partial charge is 0.286 e. The zero-order valence-electron chi connectivity index (χ0n) is 16.0. The van der Waals surface area contributed by atoms with Crippen LogP contribution < -0.4 is 10.6 Å². The maximum atomic E-state index is 12.1. The van der Waals surface area contributed by atoms with Crippen molar-refractivity contribution in [2.75, 3.05) is 25.5 Å². The summed E-state index contributed by atoms with van der Waals surface area (Å²) < 4.78 is 0. The fourth-order valence-electron chi connectivity index (χ4n) is 4.32. The predicted octanol–water partition coefficient (Wildman–Crippen LogP) is 2.28. The van der Waals surface area contributed by atoms with Gasteiger partial charge in [0.1, 0.15) is 0 Å². The summed E-state index contributed by atoms with van der Waals surface area (Å²) in [6.07, 6.45) is 4.71. The molecule has 3 aliphatic rings. The molecule has 2 fully saturated rings. The van der Waals surface area contributed by atoms with Crippen LogP contribution in [0, 0.1) is 5.92 Å². The fourth-order valence-corrected chi connectivity index (χ4v) is 5.16. The van der Waals surface area contributed by atoms with Gasteiger partial charge in [-0.1, -0.05) is 23.9 Å². The first-order valence-electron chi connectivity index (χ1n) is 9.77. The Balaban J connectivity index is 1.54. The second-order valence-electron chi connectivity index (χ2n) is 7.63. The molecule has 0 spiro atoms. The highest BCUT2D eigenvalue weighted by atomic mass is 32.2. The van der Waals surface area contributed by atoms with Gasteiger partial charge in [0.25, 0.3) is 5.24 Å². The van der Waals surface area contributed by atoms with Crippen molar-refractivity contribution in [2.45, 2.75) is 43.8 Å². The lowest BCUT2D eigenvalue weighted by atomic mass is 9.85. The second kappa shape index (κ2) is 8.23. The molecule has 0 radical (unpaired) electrons. The number of nitrogens with zero attached hydrogens (tertiary/aromatic N) is 1. The van der Waals surface area contributed by atoms with Gasteiger partial charge in [0.15, 0.2) is 0 Å². The van der Waals surface area contributed by atoms with Crippen LogP contribution in [0.25, 0.3) is 0 Å². The largest absolute Gasteiger partial charge is 0.326 e. The van der Waals surface area contributed by atoms with Crippen molar-refractivity contribution >= 4 is 34.5 Å². The number of fused-ring (bicyclic) bond motifs is 1. The maximum Gasteiger partial charge on any atom is 0.286 e. The van der Waals surface area contributed by atoms with Crippen LogP contribution in [0.1, 0.15) is 36.0 Å². The molecule has 7 nitrogen and oxygen atoms in total. The molecule has 1 aromatic carbocycles. The first kappa shape index (κ1) is 19.4. The minimum absolute atomic E-state index is 0.0447. The van der Waals surface area contributed by atoms with Crippen LogP contribution in [0.4, 0.5) is 10.5 Å². The van der Waals surface area contributed by atoms with E-state index in [4.69, 9.17) is 4.84 Å². The molecule has 150 valence electrons. The summed E-state index contributed by atoms with van der Waals surface area (Å²) in [5.41, 5.74) is 4.27. The van der Waals surface area contributed by atoms with Crippen LogP contribution in [-0.4, -0.2) is 47.6 Å². The number of carbonyl (C=O) groups is 3. The number of piperidine rings is 1. The quantitative estimate of drug-likeness (QED) is 0.784. The average Bonchev–Trinajstić information content (AvgIpc) is 3.01. The predicted molar refractivity (Wildman–Crippen MR) is 107 cm³/mol. The minimum Gasteiger partial charge on any atom is -0.326 e. The SMILES string of the molecule is CON1CCC(Cc2ccc(CC3SC(=O)NC3=O)c3c2NC(=O)CC3)CC1. The summed E-state index contributed by atoms with van der Waals surface area (Å²) in [5, 5.41) is 6.74. The van der Waals surface area contributed by atoms with E-state index in [0.717, 1.165) is 60.9 Å². The molecule has 8 heteroatoms. The lowest BCUT2D eigenvalue weighted by Crippen LogP contribution is -2.33. The minimum atomic E-state index is -0.390. The monoisotopic (exact) mass is 403 g/mol. The number of anilines is 1. The van der Waals surface area contributed by atoms with Gasteiger partial charge in [-0.15, -0.1) is 0 Å². The number of amides is 3. The molecule has 4 rings (SSSR count). The van der Waals surface area contributed by atoms with Crippen molar-refractivity contribution in [2.24, 2.45) is 5.92 Å². The fraction of sp³-hybridized carbons (Fsp3) is 0.550. The van der Waals surface area contributed by atoms with Crippen molar-refractivity contribution in [3.63, 3.8) is 0 Å². The van der Waals surface area contributed by atoms with Crippen LogP contribution in [0.15, 0.2) is 12.1 Å². The van der Waals surface area contributed by atoms with Crippen molar-refractivity contribution in [3.8, 4) is 0 Å². The van der Waals surface area contributed by atoms with Gasteiger partial charge in [-0.2, -0.15) is 5.06 Å². The summed E-state index contributed by atoms with van der Waals surface area (Å²) in [5.74, 6) is 0.384. The van der Waals surface area contributed by atoms with Crippen molar-refractivity contribution in [1.29, 1.82) is 0 Å². The number of imide groups is 1. The Bertz CT molecular complexity index is 805. The van der Waals surface area contributed by atoms with E-state index >= 15 is 0 Å². The summed E-state index contributed by atoms with van der Waals surface area (Å²) in [6, 6.07) is 4.16. The molecule has 1 unspecified atom stereocenters. The first-order chi connectivity index (χ1) is 13.5. The Morgan fingerprint density at radius 2 is 1.82 bits per heavy atom. The molecule has 3 aliphatic heterocycles. The number of benzene rings is 1. The lowest BCUT2D eigenvalue weighted by molar-refractivity contribution is -0.147. The number of hydrogen-bond acceptors (Lipinski definition) is 6.